The van der Waals surface area contributed by atoms with Gasteiger partial charge in [0.1, 0.15) is 29.4 Å². The van der Waals surface area contributed by atoms with Crippen molar-refractivity contribution in [2.45, 2.75) is 57.8 Å². The van der Waals surface area contributed by atoms with Crippen LogP contribution in [0.25, 0.3) is 0 Å². The average molecular weight is 486 g/mol. The van der Waals surface area contributed by atoms with Crippen LogP contribution in [0.5, 0.6) is 5.75 Å². The minimum atomic E-state index is -0.743. The summed E-state index contributed by atoms with van der Waals surface area (Å²) in [5.41, 5.74) is 7.21. The maximum atomic E-state index is 13.6. The number of aryl methyl sites for hydroxylation is 1. The number of carbonyl (C=O) groups is 2. The number of hydrogen-bond donors (Lipinski definition) is 2. The number of hydrogen-bond acceptors (Lipinski definition) is 8. The lowest BCUT2D eigenvalue weighted by molar-refractivity contribution is 0.00227. The monoisotopic (exact) mass is 485 g/mol. The van der Waals surface area contributed by atoms with E-state index in [1.807, 2.05) is 0 Å². The lowest BCUT2D eigenvalue weighted by atomic mass is 9.82. The fraction of sp³-hybridized carbons (Fsp3) is 0.458. The highest BCUT2D eigenvalue weighted by Crippen LogP contribution is 2.34. The number of benzene rings is 1. The molecule has 1 aromatic carbocycles. The van der Waals surface area contributed by atoms with E-state index in [0.717, 1.165) is 25.7 Å². The third kappa shape index (κ3) is 6.03. The van der Waals surface area contributed by atoms with Crippen molar-refractivity contribution in [3.8, 4) is 5.75 Å². The second-order valence-electron chi connectivity index (χ2n) is 8.70. The molecule has 0 radical (unpaired) electrons. The summed E-state index contributed by atoms with van der Waals surface area (Å²) in [5, 5.41) is 7.02. The molecule has 2 aromatic rings. The van der Waals surface area contributed by atoms with E-state index in [1.165, 1.54) is 19.2 Å². The summed E-state index contributed by atoms with van der Waals surface area (Å²) in [6.45, 7) is 1.89. The van der Waals surface area contributed by atoms with Crippen LogP contribution in [0.4, 0.5) is 9.18 Å². The van der Waals surface area contributed by atoms with Crippen molar-refractivity contribution in [3.05, 3.63) is 52.9 Å². The number of rotatable bonds is 7. The second kappa shape index (κ2) is 10.7. The Labute approximate surface area is 202 Å². The maximum Gasteiger partial charge on any atom is 0.404 e. The maximum absolute atomic E-state index is 13.6. The summed E-state index contributed by atoms with van der Waals surface area (Å²) in [5.74, 6) is -0.0271. The Hall–Kier alpha value is -3.76. The van der Waals surface area contributed by atoms with Crippen molar-refractivity contribution in [1.82, 2.24) is 15.3 Å². The molecule has 4 rings (SSSR count). The molecule has 3 N–H and O–H groups in total. The SMILES string of the molecule is COc1cc(CNC(=O)c2cc(C3=NOC([C@H]4CC[C@H](OC(N)=O)CC4)C3)nc(C)n2)ccc1F. The zero-order valence-electron chi connectivity index (χ0n) is 19.6. The van der Waals surface area contributed by atoms with Crippen molar-refractivity contribution < 1.29 is 28.3 Å². The molecule has 1 aliphatic heterocycles. The zero-order valence-corrected chi connectivity index (χ0v) is 19.6. The van der Waals surface area contributed by atoms with Crippen LogP contribution >= 0.6 is 0 Å². The number of primary amides is 1. The standard InChI is InChI=1S/C24H28FN5O5/c1-13-28-18(19-11-21(35-30-19)15-4-6-16(7-5-15)34-24(26)32)10-20(29-13)23(31)27-12-14-3-8-17(25)22(9-14)33-2/h3,8-10,15-16,21H,4-7,11-12H2,1-2H3,(H2,26,32)(H,27,31)/t15-,16-,21?. The number of nitrogens with one attached hydrogen (secondary N) is 1. The molecule has 2 aliphatic rings. The predicted octanol–water partition coefficient (Wildman–Crippen LogP) is 3.01. The number of amides is 2. The molecule has 0 saturated heterocycles. The quantitative estimate of drug-likeness (QED) is 0.615. The number of nitrogens with zero attached hydrogens (tertiary/aromatic N) is 3. The van der Waals surface area contributed by atoms with Crippen LogP contribution in [0.2, 0.25) is 0 Å². The van der Waals surface area contributed by atoms with Gasteiger partial charge in [-0.05, 0) is 62.3 Å². The van der Waals surface area contributed by atoms with Crippen molar-refractivity contribution in [2.75, 3.05) is 7.11 Å². The van der Waals surface area contributed by atoms with Crippen LogP contribution < -0.4 is 15.8 Å². The molecule has 1 aliphatic carbocycles. The smallest absolute Gasteiger partial charge is 0.404 e. The first-order valence-corrected chi connectivity index (χ1v) is 11.5. The molecular weight excluding hydrogens is 457 g/mol. The first kappa shape index (κ1) is 24.4. The van der Waals surface area contributed by atoms with Crippen molar-refractivity contribution in [1.29, 1.82) is 0 Å². The topological polar surface area (TPSA) is 138 Å². The van der Waals surface area contributed by atoms with Crippen LogP contribution in [-0.2, 0) is 16.1 Å². The van der Waals surface area contributed by atoms with E-state index in [9.17, 15) is 14.0 Å². The van der Waals surface area contributed by atoms with E-state index in [2.05, 4.69) is 20.4 Å². The summed E-state index contributed by atoms with van der Waals surface area (Å²) in [6.07, 6.45) is 2.74. The Morgan fingerprint density at radius 3 is 2.69 bits per heavy atom. The number of nitrogens with two attached hydrogens (primary N) is 1. The van der Waals surface area contributed by atoms with Gasteiger partial charge in [0.2, 0.25) is 0 Å². The number of ether oxygens (including phenoxy) is 2. The fourth-order valence-corrected chi connectivity index (χ4v) is 4.46. The number of oxime groups is 1. The summed E-state index contributed by atoms with van der Waals surface area (Å²) < 4.78 is 23.7. The van der Waals surface area contributed by atoms with Gasteiger partial charge in [-0.1, -0.05) is 11.2 Å². The van der Waals surface area contributed by atoms with E-state index in [0.29, 0.717) is 29.2 Å². The molecule has 1 aromatic heterocycles. The van der Waals surface area contributed by atoms with E-state index >= 15 is 0 Å². The minimum Gasteiger partial charge on any atom is -0.494 e. The third-order valence-electron chi connectivity index (χ3n) is 6.26. The highest BCUT2D eigenvalue weighted by Gasteiger charge is 2.35. The van der Waals surface area contributed by atoms with E-state index in [1.54, 1.807) is 19.1 Å². The van der Waals surface area contributed by atoms with Gasteiger partial charge >= 0.3 is 6.09 Å². The highest BCUT2D eigenvalue weighted by atomic mass is 19.1. The van der Waals surface area contributed by atoms with Crippen LogP contribution in [0.1, 0.15) is 59.7 Å². The van der Waals surface area contributed by atoms with Crippen molar-refractivity contribution >= 4 is 17.7 Å². The van der Waals surface area contributed by atoms with Gasteiger partial charge in [0, 0.05) is 13.0 Å². The Morgan fingerprint density at radius 1 is 1.20 bits per heavy atom. The molecule has 186 valence electrons. The third-order valence-corrected chi connectivity index (χ3v) is 6.26. The van der Waals surface area contributed by atoms with Gasteiger partial charge in [-0.3, -0.25) is 4.79 Å². The van der Waals surface area contributed by atoms with Crippen molar-refractivity contribution in [3.63, 3.8) is 0 Å². The van der Waals surface area contributed by atoms with Crippen LogP contribution in [0.15, 0.2) is 29.4 Å². The number of carbonyl (C=O) groups excluding carboxylic acids is 2. The van der Waals surface area contributed by atoms with Gasteiger partial charge in [0.25, 0.3) is 5.91 Å². The predicted molar refractivity (Wildman–Crippen MR) is 123 cm³/mol. The second-order valence-corrected chi connectivity index (χ2v) is 8.70. The van der Waals surface area contributed by atoms with Gasteiger partial charge in [-0.2, -0.15) is 0 Å². The normalized spacial score (nSPS) is 21.6. The summed E-state index contributed by atoms with van der Waals surface area (Å²) >= 11 is 0. The van der Waals surface area contributed by atoms with E-state index in [-0.39, 0.29) is 42.0 Å². The number of aromatic nitrogens is 2. The molecule has 0 spiro atoms. The van der Waals surface area contributed by atoms with Gasteiger partial charge < -0.3 is 25.4 Å². The van der Waals surface area contributed by atoms with Gasteiger partial charge in [0.15, 0.2) is 11.6 Å². The molecule has 1 unspecified atom stereocenters. The lowest BCUT2D eigenvalue weighted by Crippen LogP contribution is -2.31. The first-order valence-electron chi connectivity index (χ1n) is 11.5. The Morgan fingerprint density at radius 2 is 1.97 bits per heavy atom. The molecule has 0 bridgehead atoms. The molecule has 1 atom stereocenters. The number of halogens is 1. The molecule has 1 fully saturated rings. The molecule has 11 heteroatoms. The number of methoxy groups -OCH3 is 1. The molecular formula is C24H28FN5O5. The first-order chi connectivity index (χ1) is 16.8. The largest absolute Gasteiger partial charge is 0.494 e. The molecule has 2 amide bonds. The Bertz CT molecular complexity index is 1130. The Balaban J connectivity index is 1.36. The van der Waals surface area contributed by atoms with E-state index in [4.69, 9.17) is 20.0 Å². The summed E-state index contributed by atoms with van der Waals surface area (Å²) in [6, 6.07) is 5.99. The fourth-order valence-electron chi connectivity index (χ4n) is 4.46. The Kier molecular flexibility index (Phi) is 7.42. The molecule has 1 saturated carbocycles. The van der Waals surface area contributed by atoms with Crippen LogP contribution in [0, 0.1) is 18.7 Å². The van der Waals surface area contributed by atoms with Crippen LogP contribution in [-0.4, -0.2) is 47.0 Å². The average Bonchev–Trinajstić information content (AvgIpc) is 3.33. The van der Waals surface area contributed by atoms with E-state index < -0.39 is 11.9 Å². The van der Waals surface area contributed by atoms with Gasteiger partial charge in [-0.25, -0.2) is 19.2 Å². The van der Waals surface area contributed by atoms with Gasteiger partial charge in [-0.15, -0.1) is 0 Å². The van der Waals surface area contributed by atoms with Crippen LogP contribution in [0.3, 0.4) is 0 Å². The summed E-state index contributed by atoms with van der Waals surface area (Å²) in [7, 11) is 1.38. The molecule has 35 heavy (non-hydrogen) atoms. The van der Waals surface area contributed by atoms with Gasteiger partial charge in [0.05, 0.1) is 12.8 Å². The lowest BCUT2D eigenvalue weighted by Gasteiger charge is -2.30. The minimum absolute atomic E-state index is 0.0967. The van der Waals surface area contributed by atoms with Crippen molar-refractivity contribution in [2.24, 2.45) is 16.8 Å². The summed E-state index contributed by atoms with van der Waals surface area (Å²) in [4.78, 5) is 38.1. The molecule has 2 heterocycles. The highest BCUT2D eigenvalue weighted by molar-refractivity contribution is 6.01. The molecule has 10 nitrogen and oxygen atoms in total. The zero-order chi connectivity index (χ0) is 24.9.